The van der Waals surface area contributed by atoms with Gasteiger partial charge in [0.25, 0.3) is 10.7 Å². The molecule has 6 heteroatoms. The Kier molecular flexibility index (Phi) is 3.76. The zero-order chi connectivity index (χ0) is 5.91. The van der Waals surface area contributed by atoms with E-state index in [-0.39, 0.29) is 0 Å². The minimum atomic E-state index is -2.75. The van der Waals surface area contributed by atoms with E-state index in [1.165, 1.54) is 7.11 Å². The molecule has 0 fully saturated rings. The van der Waals surface area contributed by atoms with E-state index in [9.17, 15) is 0 Å². The Labute approximate surface area is 54.8 Å². The Morgan fingerprint density at radius 1 is 1.86 bits per heavy atom. The summed E-state index contributed by atoms with van der Waals surface area (Å²) in [5.41, 5.74) is 0. The van der Waals surface area contributed by atoms with E-state index in [0.29, 0.717) is 10.2 Å². The second-order valence-corrected chi connectivity index (χ2v) is 7.23. The molecule has 0 bridgehead atoms. The second kappa shape index (κ2) is 3.23. The average Bonchev–Trinajstić information content (AvgIpc) is 1.68. The van der Waals surface area contributed by atoms with Crippen LogP contribution in [0.4, 0.5) is 0 Å². The van der Waals surface area contributed by atoms with Gasteiger partial charge in [0.15, 0.2) is 0 Å². The maximum Gasteiger partial charge on any atom is 0.493 e. The highest BCUT2D eigenvalue weighted by Crippen LogP contribution is 2.49. The second-order valence-electron chi connectivity index (χ2n) is 0.703. The first-order chi connectivity index (χ1) is 3.12. The van der Waals surface area contributed by atoms with Crippen LogP contribution in [0.1, 0.15) is 0 Å². The third-order valence-corrected chi connectivity index (χ3v) is 5.24. The highest BCUT2D eigenvalue weighted by molar-refractivity contribution is 8.39. The summed E-state index contributed by atoms with van der Waals surface area (Å²) in [5.74, 6) is -2.75. The van der Waals surface area contributed by atoms with E-state index in [1.807, 2.05) is 0 Å². The van der Waals surface area contributed by atoms with Gasteiger partial charge in [-0.25, -0.2) is 0 Å². The molecule has 0 aromatic heterocycles. The molecule has 0 aromatic rings. The summed E-state index contributed by atoms with van der Waals surface area (Å²) in [6.45, 7) is 0. The topological polar surface area (TPSA) is 29.5 Å². The van der Waals surface area contributed by atoms with Crippen molar-refractivity contribution in [2.75, 3.05) is 7.11 Å². The average molecular weight is 182 g/mol. The third kappa shape index (κ3) is 3.71. The fourth-order valence-corrected chi connectivity index (χ4v) is 0.761. The van der Waals surface area contributed by atoms with Crippen LogP contribution < -0.4 is 0 Å². The van der Waals surface area contributed by atoms with Crippen LogP contribution in [0.15, 0.2) is 0 Å². The molecule has 0 aliphatic carbocycles. The number of halogens is 2. The first-order valence-electron chi connectivity index (χ1n) is 1.30. The normalized spacial score (nSPS) is 18.3. The molecule has 0 amide bonds. The van der Waals surface area contributed by atoms with Crippen molar-refractivity contribution in [1.82, 2.24) is 0 Å². The summed E-state index contributed by atoms with van der Waals surface area (Å²) in [6, 6.07) is 0. The summed E-state index contributed by atoms with van der Waals surface area (Å²) < 4.78 is 4.35. The van der Waals surface area contributed by atoms with Gasteiger partial charge < -0.3 is 0 Å². The Bertz CT molecular complexity index is 97.9. The molecule has 0 aromatic carbocycles. The molecule has 0 aliphatic rings. The molecule has 0 heterocycles. The molecule has 1 N–H and O–H groups in total. The van der Waals surface area contributed by atoms with E-state index in [0.717, 1.165) is 0 Å². The van der Waals surface area contributed by atoms with Crippen LogP contribution in [0.3, 0.4) is 0 Å². The maximum atomic E-state index is 8.62. The molecule has 0 saturated heterocycles. The molecule has 0 saturated carbocycles. The van der Waals surface area contributed by atoms with Crippen molar-refractivity contribution in [2.24, 2.45) is 0 Å². The number of hydrogen-bond acceptors (Lipinski definition) is 1. The fourth-order valence-electron chi connectivity index (χ4n) is 0.0282. The smallest absolute Gasteiger partial charge is 0.298 e. The lowest BCUT2D eigenvalue weighted by Crippen LogP contribution is -1.70. The van der Waals surface area contributed by atoms with Gasteiger partial charge in [-0.15, -0.1) is 0 Å². The lowest BCUT2D eigenvalue weighted by molar-refractivity contribution is 0.403. The fraction of sp³-hybridized carbons (Fsp3) is 1.00. The lowest BCUT2D eigenvalue weighted by atomic mass is 11.8. The van der Waals surface area contributed by atoms with Gasteiger partial charge in [-0.1, -0.05) is 0 Å². The van der Waals surface area contributed by atoms with Crippen LogP contribution in [0, 0.1) is 0 Å². The van der Waals surface area contributed by atoms with Gasteiger partial charge in [-0.2, -0.15) is 0 Å². The highest BCUT2D eigenvalue weighted by atomic mass is 35.8. The van der Waals surface area contributed by atoms with E-state index < -0.39 is 5.84 Å². The monoisotopic (exact) mass is 181 g/mol. The van der Waals surface area contributed by atoms with Gasteiger partial charge in [0.2, 0.25) is 0 Å². The Hall–Kier alpha value is 1.15. The summed E-state index contributed by atoms with van der Waals surface area (Å²) in [6.07, 6.45) is 0. The SMILES string of the molecule is COP(O)(Cl)=[S+]Cl. The summed E-state index contributed by atoms with van der Waals surface area (Å²) in [4.78, 5) is 8.62. The van der Waals surface area contributed by atoms with Crippen molar-refractivity contribution in [3.63, 3.8) is 0 Å². The molecule has 0 radical (unpaired) electrons. The van der Waals surface area contributed by atoms with Crippen LogP contribution in [-0.2, 0) is 14.7 Å². The number of rotatable bonds is 1. The van der Waals surface area contributed by atoms with Crippen molar-refractivity contribution in [2.45, 2.75) is 0 Å². The predicted octanol–water partition coefficient (Wildman–Crippen LogP) is 1.78. The Morgan fingerprint density at radius 2 is 2.29 bits per heavy atom. The zero-order valence-electron chi connectivity index (χ0n) is 3.47. The predicted molar refractivity (Wildman–Crippen MR) is 35.2 cm³/mol. The zero-order valence-corrected chi connectivity index (χ0v) is 6.69. The van der Waals surface area contributed by atoms with Crippen molar-refractivity contribution >= 4 is 37.9 Å². The van der Waals surface area contributed by atoms with Crippen molar-refractivity contribution in [3.8, 4) is 0 Å². The van der Waals surface area contributed by atoms with Gasteiger partial charge in [0.05, 0.1) is 0 Å². The molecule has 0 spiro atoms. The van der Waals surface area contributed by atoms with E-state index in [4.69, 9.17) is 26.8 Å². The molecule has 1 unspecified atom stereocenters. The minimum Gasteiger partial charge on any atom is -0.298 e. The summed E-state index contributed by atoms with van der Waals surface area (Å²) >= 11 is 5.18. The summed E-state index contributed by atoms with van der Waals surface area (Å²) in [7, 11) is 6.96. The Morgan fingerprint density at radius 3 is 2.29 bits per heavy atom. The first kappa shape index (κ1) is 8.15. The van der Waals surface area contributed by atoms with Gasteiger partial charge >= 0.3 is 16.0 Å². The molecule has 1 atom stereocenters. The molecule has 7 heavy (non-hydrogen) atoms. The van der Waals surface area contributed by atoms with Crippen LogP contribution in [0.25, 0.3) is 0 Å². The summed E-state index contributed by atoms with van der Waals surface area (Å²) in [5, 5.41) is 0. The number of hydrogen-bond donors (Lipinski definition) is 1. The standard InChI is InChI=1S/CH4Cl2O2PS/c1-5-6(2,4)7-3/h4H,1H3/q+1. The van der Waals surface area contributed by atoms with Crippen molar-refractivity contribution in [1.29, 1.82) is 0 Å². The first-order valence-corrected chi connectivity index (χ1v) is 6.11. The highest BCUT2D eigenvalue weighted by Gasteiger charge is 2.22. The largest absolute Gasteiger partial charge is 0.493 e. The lowest BCUT2D eigenvalue weighted by Gasteiger charge is -1.88. The van der Waals surface area contributed by atoms with E-state index >= 15 is 0 Å². The maximum absolute atomic E-state index is 8.62. The molecule has 44 valence electrons. The molecular weight excluding hydrogens is 178 g/mol. The van der Waals surface area contributed by atoms with Crippen LogP contribution in [-0.4, -0.2) is 12.0 Å². The van der Waals surface area contributed by atoms with Crippen LogP contribution >= 0.6 is 27.8 Å². The van der Waals surface area contributed by atoms with Crippen LogP contribution in [0.5, 0.6) is 0 Å². The van der Waals surface area contributed by atoms with Crippen molar-refractivity contribution in [3.05, 3.63) is 0 Å². The minimum absolute atomic E-state index is 0.609. The van der Waals surface area contributed by atoms with Gasteiger partial charge in [-0.3, -0.25) is 9.42 Å². The quantitative estimate of drug-likeness (QED) is 0.494. The van der Waals surface area contributed by atoms with Gasteiger partial charge in [0, 0.05) is 18.4 Å². The van der Waals surface area contributed by atoms with Crippen molar-refractivity contribution < 1.29 is 9.42 Å². The molecule has 0 aliphatic heterocycles. The van der Waals surface area contributed by atoms with Crippen LogP contribution in [0.2, 0.25) is 0 Å². The molecule has 0 rings (SSSR count). The van der Waals surface area contributed by atoms with E-state index in [2.05, 4.69) is 4.52 Å². The molecule has 2 nitrogen and oxygen atoms in total. The van der Waals surface area contributed by atoms with Gasteiger partial charge in [0.1, 0.15) is 0 Å². The van der Waals surface area contributed by atoms with Gasteiger partial charge in [-0.05, 0) is 0 Å². The Balaban J connectivity index is 3.85. The molecular formula is CH4Cl2O2PS+. The third-order valence-electron chi connectivity index (χ3n) is 0.310. The van der Waals surface area contributed by atoms with E-state index in [1.54, 1.807) is 0 Å².